The number of amides is 1. The average molecular weight is 422 g/mol. The number of hydrogen-bond donors (Lipinski definition) is 0. The summed E-state index contributed by atoms with van der Waals surface area (Å²) in [4.78, 5) is 36.6. The number of fused-ring (bicyclic) bond motifs is 1. The molecule has 1 aromatic heterocycles. The summed E-state index contributed by atoms with van der Waals surface area (Å²) in [7, 11) is 0. The monoisotopic (exact) mass is 421 g/mol. The summed E-state index contributed by atoms with van der Waals surface area (Å²) in [5.74, 6) is -0.142. The van der Waals surface area contributed by atoms with Crippen LogP contribution in [0.25, 0.3) is 22.2 Å². The third-order valence-corrected chi connectivity index (χ3v) is 6.07. The minimum Gasteiger partial charge on any atom is -0.338 e. The molecule has 1 fully saturated rings. The van der Waals surface area contributed by atoms with Crippen molar-refractivity contribution in [1.82, 2.24) is 14.9 Å². The number of likely N-dealkylation sites (tertiary alicyclic amines) is 1. The Labute approximate surface area is 186 Å². The van der Waals surface area contributed by atoms with Gasteiger partial charge < -0.3 is 4.90 Å². The highest BCUT2D eigenvalue weighted by Crippen LogP contribution is 2.25. The number of rotatable bonds is 4. The molecule has 0 saturated carbocycles. The summed E-state index contributed by atoms with van der Waals surface area (Å²) in [6.45, 7) is 1.10. The molecule has 1 saturated heterocycles. The van der Waals surface area contributed by atoms with E-state index in [9.17, 15) is 9.59 Å². The van der Waals surface area contributed by atoms with Gasteiger partial charge in [0.1, 0.15) is 0 Å². The van der Waals surface area contributed by atoms with Crippen molar-refractivity contribution in [3.8, 4) is 11.1 Å². The van der Waals surface area contributed by atoms with Crippen LogP contribution < -0.4 is 0 Å². The Morgan fingerprint density at radius 2 is 1.47 bits per heavy atom. The lowest BCUT2D eigenvalue weighted by Gasteiger charge is -2.32. The Hall–Kier alpha value is -3.86. The third-order valence-electron chi connectivity index (χ3n) is 6.07. The number of benzene rings is 3. The Kier molecular flexibility index (Phi) is 5.46. The van der Waals surface area contributed by atoms with Crippen LogP contribution in [0.15, 0.2) is 85.2 Å². The molecule has 2 heterocycles. The number of carbonyl (C=O) groups excluding carboxylic acids is 2. The van der Waals surface area contributed by atoms with Crippen molar-refractivity contribution in [1.29, 1.82) is 0 Å². The second-order valence-corrected chi connectivity index (χ2v) is 8.16. The van der Waals surface area contributed by atoms with Gasteiger partial charge in [0, 0.05) is 42.5 Å². The Bertz CT molecular complexity index is 1270. The highest BCUT2D eigenvalue weighted by molar-refractivity contribution is 6.00. The third kappa shape index (κ3) is 4.02. The van der Waals surface area contributed by atoms with Crippen molar-refractivity contribution in [2.75, 3.05) is 13.1 Å². The lowest BCUT2D eigenvalue weighted by molar-refractivity contribution is 0.0637. The summed E-state index contributed by atoms with van der Waals surface area (Å²) < 4.78 is 0. The Morgan fingerprint density at radius 1 is 0.781 bits per heavy atom. The number of ketones is 1. The summed E-state index contributed by atoms with van der Waals surface area (Å²) >= 11 is 0. The maximum atomic E-state index is 13.2. The zero-order valence-electron chi connectivity index (χ0n) is 17.6. The number of carbonyl (C=O) groups is 2. The van der Waals surface area contributed by atoms with Gasteiger partial charge in [-0.2, -0.15) is 0 Å². The van der Waals surface area contributed by atoms with Gasteiger partial charge in [0.05, 0.1) is 11.0 Å². The number of nitrogens with zero attached hydrogens (tertiary/aromatic N) is 3. The van der Waals surface area contributed by atoms with E-state index in [1.165, 1.54) is 0 Å². The molecule has 0 bridgehead atoms. The fraction of sp³-hybridized carbons (Fsp3) is 0.185. The number of aromatic nitrogens is 2. The molecule has 32 heavy (non-hydrogen) atoms. The molecule has 0 N–H and O–H groups in total. The van der Waals surface area contributed by atoms with Gasteiger partial charge in [-0.3, -0.25) is 19.6 Å². The molecule has 4 aromatic rings. The lowest BCUT2D eigenvalue weighted by atomic mass is 9.89. The molecule has 1 aliphatic rings. The van der Waals surface area contributed by atoms with Crippen LogP contribution in [0, 0.1) is 5.92 Å². The van der Waals surface area contributed by atoms with E-state index in [0.29, 0.717) is 29.7 Å². The van der Waals surface area contributed by atoms with Crippen LogP contribution in [0.2, 0.25) is 0 Å². The van der Waals surface area contributed by atoms with Crippen molar-refractivity contribution in [3.05, 3.63) is 96.3 Å². The SMILES string of the molecule is O=C(c1ccc(-c2ccccc2)cc1)[C@H]1CCCN(C(=O)c2ccc3nccnc3c2)C1. The van der Waals surface area contributed by atoms with Crippen LogP contribution in [0.3, 0.4) is 0 Å². The van der Waals surface area contributed by atoms with E-state index in [1.54, 1.807) is 29.4 Å². The van der Waals surface area contributed by atoms with E-state index in [0.717, 1.165) is 29.5 Å². The van der Waals surface area contributed by atoms with Gasteiger partial charge >= 0.3 is 0 Å². The quantitative estimate of drug-likeness (QED) is 0.434. The molecular formula is C27H23N3O2. The second-order valence-electron chi connectivity index (χ2n) is 8.16. The van der Waals surface area contributed by atoms with Crippen LogP contribution >= 0.6 is 0 Å². The molecule has 5 nitrogen and oxygen atoms in total. The second kappa shape index (κ2) is 8.71. The number of hydrogen-bond acceptors (Lipinski definition) is 4. The maximum absolute atomic E-state index is 13.2. The standard InChI is InChI=1S/C27H23N3O2/c31-26(21-10-8-20(9-11-21)19-5-2-1-3-6-19)23-7-4-16-30(18-23)27(32)22-12-13-24-25(17-22)29-15-14-28-24/h1-3,5-6,8-15,17,23H,4,7,16,18H2/t23-/m0/s1. The molecule has 1 amide bonds. The van der Waals surface area contributed by atoms with Crippen molar-refractivity contribution in [2.45, 2.75) is 12.8 Å². The Morgan fingerprint density at radius 3 is 2.25 bits per heavy atom. The van der Waals surface area contributed by atoms with Crippen molar-refractivity contribution >= 4 is 22.7 Å². The molecule has 3 aromatic carbocycles. The normalized spacial score (nSPS) is 16.1. The smallest absolute Gasteiger partial charge is 0.253 e. The first-order chi connectivity index (χ1) is 15.7. The minimum absolute atomic E-state index is 0.0607. The summed E-state index contributed by atoms with van der Waals surface area (Å²) in [5, 5.41) is 0. The van der Waals surface area contributed by atoms with E-state index >= 15 is 0 Å². The Balaban J connectivity index is 1.30. The van der Waals surface area contributed by atoms with Gasteiger partial charge in [-0.25, -0.2) is 0 Å². The molecule has 0 radical (unpaired) electrons. The molecule has 5 rings (SSSR count). The first-order valence-electron chi connectivity index (χ1n) is 10.9. The molecular weight excluding hydrogens is 398 g/mol. The fourth-order valence-electron chi connectivity index (χ4n) is 4.35. The molecule has 1 aliphatic heterocycles. The predicted octanol–water partition coefficient (Wildman–Crippen LogP) is 5.03. The highest BCUT2D eigenvalue weighted by atomic mass is 16.2. The van der Waals surface area contributed by atoms with E-state index in [2.05, 4.69) is 22.1 Å². The highest BCUT2D eigenvalue weighted by Gasteiger charge is 2.29. The van der Waals surface area contributed by atoms with Crippen molar-refractivity contribution in [3.63, 3.8) is 0 Å². The average Bonchev–Trinajstić information content (AvgIpc) is 2.88. The minimum atomic E-state index is -0.185. The topological polar surface area (TPSA) is 63.2 Å². The first-order valence-corrected chi connectivity index (χ1v) is 10.9. The van der Waals surface area contributed by atoms with E-state index in [-0.39, 0.29) is 17.6 Å². The molecule has 0 unspecified atom stereocenters. The zero-order chi connectivity index (χ0) is 21.9. The predicted molar refractivity (Wildman–Crippen MR) is 124 cm³/mol. The molecule has 5 heteroatoms. The summed E-state index contributed by atoms with van der Waals surface area (Å²) in [6.07, 6.45) is 4.87. The van der Waals surface area contributed by atoms with Gasteiger partial charge in [-0.05, 0) is 42.2 Å². The summed E-state index contributed by atoms with van der Waals surface area (Å²) in [5.41, 5.74) is 4.95. The zero-order valence-corrected chi connectivity index (χ0v) is 17.6. The van der Waals surface area contributed by atoms with Crippen LogP contribution in [0.1, 0.15) is 33.6 Å². The van der Waals surface area contributed by atoms with Gasteiger partial charge in [0.25, 0.3) is 5.91 Å². The van der Waals surface area contributed by atoms with Gasteiger partial charge in [-0.1, -0.05) is 54.6 Å². The molecule has 1 atom stereocenters. The largest absolute Gasteiger partial charge is 0.338 e. The number of Topliss-reactive ketones (excluding diaryl/α,β-unsaturated/α-hetero) is 1. The maximum Gasteiger partial charge on any atom is 0.253 e. The van der Waals surface area contributed by atoms with Crippen LogP contribution in [0.4, 0.5) is 0 Å². The van der Waals surface area contributed by atoms with Crippen molar-refractivity contribution in [2.24, 2.45) is 5.92 Å². The molecule has 158 valence electrons. The van der Waals surface area contributed by atoms with E-state index in [4.69, 9.17) is 0 Å². The van der Waals surface area contributed by atoms with Crippen molar-refractivity contribution < 1.29 is 9.59 Å². The first kappa shape index (κ1) is 20.1. The van der Waals surface area contributed by atoms with E-state index < -0.39 is 0 Å². The van der Waals surface area contributed by atoms with Crippen LogP contribution in [-0.2, 0) is 0 Å². The molecule has 0 spiro atoms. The van der Waals surface area contributed by atoms with Crippen LogP contribution in [0.5, 0.6) is 0 Å². The molecule has 0 aliphatic carbocycles. The fourth-order valence-corrected chi connectivity index (χ4v) is 4.35. The van der Waals surface area contributed by atoms with Crippen LogP contribution in [-0.4, -0.2) is 39.6 Å². The number of piperidine rings is 1. The van der Waals surface area contributed by atoms with Gasteiger partial charge in [0.2, 0.25) is 0 Å². The van der Waals surface area contributed by atoms with Gasteiger partial charge in [-0.15, -0.1) is 0 Å². The lowest BCUT2D eigenvalue weighted by Crippen LogP contribution is -2.42. The van der Waals surface area contributed by atoms with E-state index in [1.807, 2.05) is 48.5 Å². The summed E-state index contributed by atoms with van der Waals surface area (Å²) in [6, 6.07) is 23.3. The van der Waals surface area contributed by atoms with Gasteiger partial charge in [0.15, 0.2) is 5.78 Å².